The molecule has 6 heteroatoms. The summed E-state index contributed by atoms with van der Waals surface area (Å²) in [6.45, 7) is 11.1. The summed E-state index contributed by atoms with van der Waals surface area (Å²) in [5.74, 6) is -1.91. The summed E-state index contributed by atoms with van der Waals surface area (Å²) in [4.78, 5) is 35.5. The third kappa shape index (κ3) is 6.91. The molecule has 0 unspecified atom stereocenters. The molecule has 22 heavy (non-hydrogen) atoms. The summed E-state index contributed by atoms with van der Waals surface area (Å²) in [7, 11) is 0. The van der Waals surface area contributed by atoms with Gasteiger partial charge in [0.25, 0.3) is 0 Å². The second-order valence-electron chi connectivity index (χ2n) is 6.56. The number of carbonyl (C=O) groups excluding carboxylic acids is 2. The van der Waals surface area contributed by atoms with Crippen LogP contribution in [-0.4, -0.2) is 35.0 Å². The van der Waals surface area contributed by atoms with Gasteiger partial charge in [-0.3, -0.25) is 9.59 Å². The summed E-state index contributed by atoms with van der Waals surface area (Å²) in [5.41, 5.74) is 0. The highest BCUT2D eigenvalue weighted by Crippen LogP contribution is 2.11. The first kappa shape index (κ1) is 20.4. The van der Waals surface area contributed by atoms with Gasteiger partial charge in [0, 0.05) is 5.92 Å². The number of carboxylic acids is 1. The Bertz CT molecular complexity index is 394. The zero-order valence-electron chi connectivity index (χ0n) is 14.5. The van der Waals surface area contributed by atoms with Crippen molar-refractivity contribution in [2.24, 2.45) is 17.8 Å². The molecule has 0 rings (SSSR count). The van der Waals surface area contributed by atoms with Gasteiger partial charge in [-0.25, -0.2) is 4.79 Å². The molecule has 0 heterocycles. The number of hydrogen-bond donors (Lipinski definition) is 3. The number of carbonyl (C=O) groups is 3. The molecule has 0 aliphatic heterocycles. The van der Waals surface area contributed by atoms with Crippen LogP contribution in [-0.2, 0) is 14.4 Å². The Kier molecular flexibility index (Phi) is 8.75. The Balaban J connectivity index is 5.01. The van der Waals surface area contributed by atoms with E-state index in [1.54, 1.807) is 20.8 Å². The number of amides is 2. The Morgan fingerprint density at radius 3 is 1.86 bits per heavy atom. The molecule has 3 N–H and O–H groups in total. The summed E-state index contributed by atoms with van der Waals surface area (Å²) in [5, 5.41) is 14.5. The summed E-state index contributed by atoms with van der Waals surface area (Å²) < 4.78 is 0. The predicted molar refractivity (Wildman–Crippen MR) is 85.2 cm³/mol. The Labute approximate surface area is 133 Å². The normalized spacial score (nSPS) is 15.3. The van der Waals surface area contributed by atoms with Crippen molar-refractivity contribution in [1.82, 2.24) is 10.6 Å². The van der Waals surface area contributed by atoms with Crippen molar-refractivity contribution in [2.45, 2.75) is 66.5 Å². The van der Waals surface area contributed by atoms with Gasteiger partial charge in [0.05, 0.1) is 0 Å². The molecule has 0 aromatic carbocycles. The van der Waals surface area contributed by atoms with E-state index in [0.29, 0.717) is 12.8 Å². The average Bonchev–Trinajstić information content (AvgIpc) is 2.41. The molecule has 0 aromatic heterocycles. The highest BCUT2D eigenvalue weighted by Gasteiger charge is 2.30. The van der Waals surface area contributed by atoms with Crippen LogP contribution in [0.1, 0.15) is 54.4 Å². The van der Waals surface area contributed by atoms with Crippen LogP contribution in [0.5, 0.6) is 0 Å². The molecule has 0 saturated heterocycles. The van der Waals surface area contributed by atoms with Crippen molar-refractivity contribution in [3.8, 4) is 0 Å². The van der Waals surface area contributed by atoms with Crippen LogP contribution in [0.2, 0.25) is 0 Å². The molecule has 2 amide bonds. The van der Waals surface area contributed by atoms with Crippen LogP contribution in [0.15, 0.2) is 0 Å². The van der Waals surface area contributed by atoms with Gasteiger partial charge in [-0.05, 0) is 18.3 Å². The molecule has 0 spiro atoms. The lowest BCUT2D eigenvalue weighted by Gasteiger charge is -2.25. The van der Waals surface area contributed by atoms with E-state index in [9.17, 15) is 19.5 Å². The number of rotatable bonds is 9. The highest BCUT2D eigenvalue weighted by atomic mass is 16.4. The second kappa shape index (κ2) is 9.43. The topological polar surface area (TPSA) is 95.5 Å². The third-order valence-electron chi connectivity index (χ3n) is 3.64. The minimum atomic E-state index is -1.05. The van der Waals surface area contributed by atoms with Gasteiger partial charge in [-0.2, -0.15) is 0 Å². The molecular weight excluding hydrogens is 284 g/mol. The van der Waals surface area contributed by atoms with Gasteiger partial charge >= 0.3 is 5.97 Å². The molecule has 128 valence electrons. The van der Waals surface area contributed by atoms with E-state index >= 15 is 0 Å². The fourth-order valence-electron chi connectivity index (χ4n) is 1.98. The Hall–Kier alpha value is -1.59. The molecule has 0 aliphatic rings. The van der Waals surface area contributed by atoms with Gasteiger partial charge in [0.1, 0.15) is 12.1 Å². The summed E-state index contributed by atoms with van der Waals surface area (Å²) in [6, 6.07) is -1.65. The van der Waals surface area contributed by atoms with E-state index in [1.807, 2.05) is 20.8 Å². The molecular formula is C16H30N2O4. The number of hydrogen-bond acceptors (Lipinski definition) is 3. The molecule has 0 saturated carbocycles. The fraction of sp³-hybridized carbons (Fsp3) is 0.812. The Morgan fingerprint density at radius 2 is 1.50 bits per heavy atom. The van der Waals surface area contributed by atoms with E-state index in [1.165, 1.54) is 0 Å². The van der Waals surface area contributed by atoms with E-state index in [2.05, 4.69) is 10.6 Å². The number of nitrogens with one attached hydrogen (secondary N) is 2. The lowest BCUT2D eigenvalue weighted by molar-refractivity contribution is -0.143. The van der Waals surface area contributed by atoms with Crippen LogP contribution >= 0.6 is 0 Å². The van der Waals surface area contributed by atoms with Gasteiger partial charge in [0.15, 0.2) is 0 Å². The standard InChI is InChI=1S/C16H30N2O4/c1-7-11(6)13(16(21)22)18-15(20)12(8-9(2)3)17-14(19)10(4)5/h9-13H,7-8H2,1-6H3,(H,17,19)(H,18,20)(H,21,22)/t11-,12-,13-/m0/s1. The van der Waals surface area contributed by atoms with E-state index in [0.717, 1.165) is 0 Å². The molecule has 3 atom stereocenters. The maximum absolute atomic E-state index is 12.4. The summed E-state index contributed by atoms with van der Waals surface area (Å²) in [6.07, 6.45) is 1.11. The lowest BCUT2D eigenvalue weighted by Crippen LogP contribution is -2.54. The van der Waals surface area contributed by atoms with Crippen molar-refractivity contribution in [3.63, 3.8) is 0 Å². The minimum Gasteiger partial charge on any atom is -0.480 e. The SMILES string of the molecule is CC[C@H](C)[C@H](NC(=O)[C@H](CC(C)C)NC(=O)C(C)C)C(=O)O. The molecule has 0 radical (unpaired) electrons. The molecule has 0 fully saturated rings. The van der Waals surface area contributed by atoms with Crippen LogP contribution in [0.25, 0.3) is 0 Å². The van der Waals surface area contributed by atoms with Gasteiger partial charge in [-0.15, -0.1) is 0 Å². The first-order chi connectivity index (χ1) is 10.1. The zero-order chi connectivity index (χ0) is 17.4. The van der Waals surface area contributed by atoms with Crippen LogP contribution in [0.4, 0.5) is 0 Å². The summed E-state index contributed by atoms with van der Waals surface area (Å²) >= 11 is 0. The van der Waals surface area contributed by atoms with Gasteiger partial charge in [0.2, 0.25) is 11.8 Å². The van der Waals surface area contributed by atoms with Crippen LogP contribution in [0, 0.1) is 17.8 Å². The molecule has 6 nitrogen and oxygen atoms in total. The zero-order valence-corrected chi connectivity index (χ0v) is 14.5. The third-order valence-corrected chi connectivity index (χ3v) is 3.64. The number of aliphatic carboxylic acids is 1. The van der Waals surface area contributed by atoms with Crippen LogP contribution < -0.4 is 10.6 Å². The highest BCUT2D eigenvalue weighted by molar-refractivity contribution is 5.90. The lowest BCUT2D eigenvalue weighted by atomic mass is 9.97. The van der Waals surface area contributed by atoms with Crippen molar-refractivity contribution < 1.29 is 19.5 Å². The molecule has 0 bridgehead atoms. The molecule has 0 aromatic rings. The smallest absolute Gasteiger partial charge is 0.326 e. The maximum atomic E-state index is 12.4. The maximum Gasteiger partial charge on any atom is 0.326 e. The second-order valence-corrected chi connectivity index (χ2v) is 6.56. The van der Waals surface area contributed by atoms with Crippen molar-refractivity contribution in [2.75, 3.05) is 0 Å². The largest absolute Gasteiger partial charge is 0.480 e. The number of carboxylic acid groups (broad SMARTS) is 1. The van der Waals surface area contributed by atoms with Gasteiger partial charge in [-0.1, -0.05) is 48.0 Å². The Morgan fingerprint density at radius 1 is 0.955 bits per heavy atom. The van der Waals surface area contributed by atoms with Crippen molar-refractivity contribution >= 4 is 17.8 Å². The minimum absolute atomic E-state index is 0.179. The first-order valence-corrected chi connectivity index (χ1v) is 7.93. The van der Waals surface area contributed by atoms with E-state index in [-0.39, 0.29) is 23.7 Å². The van der Waals surface area contributed by atoms with E-state index < -0.39 is 24.0 Å². The monoisotopic (exact) mass is 314 g/mol. The van der Waals surface area contributed by atoms with Crippen LogP contribution in [0.3, 0.4) is 0 Å². The fourth-order valence-corrected chi connectivity index (χ4v) is 1.98. The van der Waals surface area contributed by atoms with Gasteiger partial charge < -0.3 is 15.7 Å². The predicted octanol–water partition coefficient (Wildman–Crippen LogP) is 1.79. The van der Waals surface area contributed by atoms with Crippen molar-refractivity contribution in [1.29, 1.82) is 0 Å². The van der Waals surface area contributed by atoms with Crippen molar-refractivity contribution in [3.05, 3.63) is 0 Å². The molecule has 0 aliphatic carbocycles. The van der Waals surface area contributed by atoms with E-state index in [4.69, 9.17) is 0 Å². The average molecular weight is 314 g/mol. The first-order valence-electron chi connectivity index (χ1n) is 7.93. The quantitative estimate of drug-likeness (QED) is 0.604.